The number of hydrogen-bond donors (Lipinski definition) is 1. The number of aliphatic hydroxyl groups is 1. The summed E-state index contributed by atoms with van der Waals surface area (Å²) in [5.74, 6) is 1.86. The van der Waals surface area contributed by atoms with Gasteiger partial charge in [-0.1, -0.05) is 12.1 Å². The number of anilines is 1. The van der Waals surface area contributed by atoms with Crippen LogP contribution >= 0.6 is 0 Å². The number of methoxy groups -OCH3 is 1. The molecule has 1 saturated heterocycles. The molecule has 1 fully saturated rings. The standard InChI is InChI=1S/C19H18FN3O2/c1-12-21-17-8-7-15(25-2)9-16(17)18(22-12)23-10-19(24,11-23)13-3-5-14(20)6-4-13/h3-9,24H,10-11H2,1-2H3. The number of benzene rings is 2. The second kappa shape index (κ2) is 5.67. The second-order valence-corrected chi connectivity index (χ2v) is 6.37. The van der Waals surface area contributed by atoms with Gasteiger partial charge in [0.15, 0.2) is 0 Å². The number of fused-ring (bicyclic) bond motifs is 1. The summed E-state index contributed by atoms with van der Waals surface area (Å²) >= 11 is 0. The van der Waals surface area contributed by atoms with Crippen molar-refractivity contribution < 1.29 is 14.2 Å². The van der Waals surface area contributed by atoms with Crippen LogP contribution in [-0.4, -0.2) is 35.3 Å². The lowest BCUT2D eigenvalue weighted by Gasteiger charge is -2.47. The van der Waals surface area contributed by atoms with Gasteiger partial charge in [0.05, 0.1) is 25.7 Å². The van der Waals surface area contributed by atoms with Crippen LogP contribution in [0.2, 0.25) is 0 Å². The van der Waals surface area contributed by atoms with E-state index in [0.29, 0.717) is 24.5 Å². The van der Waals surface area contributed by atoms with Crippen LogP contribution in [0.25, 0.3) is 10.9 Å². The Morgan fingerprint density at radius 2 is 1.84 bits per heavy atom. The monoisotopic (exact) mass is 339 g/mol. The molecule has 4 rings (SSSR count). The maximum Gasteiger partial charge on any atom is 0.140 e. The van der Waals surface area contributed by atoms with Gasteiger partial charge in [-0.15, -0.1) is 0 Å². The van der Waals surface area contributed by atoms with Crippen molar-refractivity contribution in [2.45, 2.75) is 12.5 Å². The summed E-state index contributed by atoms with van der Waals surface area (Å²) in [7, 11) is 1.62. The van der Waals surface area contributed by atoms with Crippen molar-refractivity contribution in [3.63, 3.8) is 0 Å². The molecule has 25 heavy (non-hydrogen) atoms. The summed E-state index contributed by atoms with van der Waals surface area (Å²) in [4.78, 5) is 11.0. The minimum absolute atomic E-state index is 0.312. The van der Waals surface area contributed by atoms with Gasteiger partial charge in [0, 0.05) is 5.39 Å². The normalized spacial score (nSPS) is 15.9. The molecule has 3 aromatic rings. The molecule has 2 heterocycles. The first kappa shape index (κ1) is 15.8. The van der Waals surface area contributed by atoms with E-state index in [4.69, 9.17) is 4.74 Å². The molecule has 0 aliphatic carbocycles. The predicted octanol–water partition coefficient (Wildman–Crippen LogP) is 2.79. The fourth-order valence-corrected chi connectivity index (χ4v) is 3.25. The minimum atomic E-state index is -1.00. The topological polar surface area (TPSA) is 58.5 Å². The third-order valence-electron chi connectivity index (χ3n) is 4.58. The van der Waals surface area contributed by atoms with Gasteiger partial charge < -0.3 is 14.7 Å². The Hall–Kier alpha value is -2.73. The van der Waals surface area contributed by atoms with Crippen molar-refractivity contribution in [3.8, 4) is 5.75 Å². The molecule has 128 valence electrons. The van der Waals surface area contributed by atoms with Crippen molar-refractivity contribution in [2.24, 2.45) is 0 Å². The number of hydrogen-bond acceptors (Lipinski definition) is 5. The fourth-order valence-electron chi connectivity index (χ4n) is 3.25. The lowest BCUT2D eigenvalue weighted by Crippen LogP contribution is -2.60. The molecule has 1 aromatic heterocycles. The van der Waals surface area contributed by atoms with Crippen molar-refractivity contribution in [1.29, 1.82) is 0 Å². The Labute approximate surface area is 144 Å². The Balaban J connectivity index is 1.68. The third-order valence-corrected chi connectivity index (χ3v) is 4.58. The summed E-state index contributed by atoms with van der Waals surface area (Å²) in [6.45, 7) is 2.63. The molecule has 1 N–H and O–H groups in total. The first-order chi connectivity index (χ1) is 12.0. The first-order valence-electron chi connectivity index (χ1n) is 8.04. The van der Waals surface area contributed by atoms with Crippen LogP contribution in [-0.2, 0) is 5.60 Å². The summed E-state index contributed by atoms with van der Waals surface area (Å²) in [6.07, 6.45) is 0. The molecule has 1 aliphatic heterocycles. The minimum Gasteiger partial charge on any atom is -0.497 e. The van der Waals surface area contributed by atoms with E-state index in [1.54, 1.807) is 19.2 Å². The average molecular weight is 339 g/mol. The van der Waals surface area contributed by atoms with E-state index in [9.17, 15) is 9.50 Å². The molecule has 0 spiro atoms. The zero-order chi connectivity index (χ0) is 17.6. The first-order valence-corrected chi connectivity index (χ1v) is 8.04. The fraction of sp³-hybridized carbons (Fsp3) is 0.263. The molecule has 0 unspecified atom stereocenters. The average Bonchev–Trinajstić information content (AvgIpc) is 2.58. The van der Waals surface area contributed by atoms with E-state index < -0.39 is 5.60 Å². The van der Waals surface area contributed by atoms with Gasteiger partial charge in [-0.3, -0.25) is 0 Å². The molecule has 2 aromatic carbocycles. The van der Waals surface area contributed by atoms with Crippen molar-refractivity contribution in [1.82, 2.24) is 9.97 Å². The van der Waals surface area contributed by atoms with Gasteiger partial charge >= 0.3 is 0 Å². The highest BCUT2D eigenvalue weighted by molar-refractivity contribution is 5.91. The molecule has 0 amide bonds. The van der Waals surface area contributed by atoms with Gasteiger partial charge in [-0.05, 0) is 42.8 Å². The Bertz CT molecular complexity index is 937. The Kier molecular flexibility index (Phi) is 3.58. The highest BCUT2D eigenvalue weighted by atomic mass is 19.1. The molecule has 0 atom stereocenters. The van der Waals surface area contributed by atoms with E-state index in [-0.39, 0.29) is 5.82 Å². The predicted molar refractivity (Wildman–Crippen MR) is 93.3 cm³/mol. The summed E-state index contributed by atoms with van der Waals surface area (Å²) < 4.78 is 18.4. The van der Waals surface area contributed by atoms with E-state index in [0.717, 1.165) is 22.5 Å². The van der Waals surface area contributed by atoms with Crippen molar-refractivity contribution >= 4 is 16.7 Å². The molecule has 5 nitrogen and oxygen atoms in total. The zero-order valence-electron chi connectivity index (χ0n) is 14.0. The number of halogens is 1. The summed E-state index contributed by atoms with van der Waals surface area (Å²) in [6, 6.07) is 11.6. The van der Waals surface area contributed by atoms with Gasteiger partial charge in [0.2, 0.25) is 0 Å². The van der Waals surface area contributed by atoms with Gasteiger partial charge in [0.25, 0.3) is 0 Å². The maximum absolute atomic E-state index is 13.1. The second-order valence-electron chi connectivity index (χ2n) is 6.37. The molecular weight excluding hydrogens is 321 g/mol. The summed E-state index contributed by atoms with van der Waals surface area (Å²) in [5, 5.41) is 11.7. The molecule has 6 heteroatoms. The van der Waals surface area contributed by atoms with E-state index in [1.807, 2.05) is 30.0 Å². The number of aryl methyl sites for hydroxylation is 1. The quantitative estimate of drug-likeness (QED) is 0.795. The molecular formula is C19H18FN3O2. The number of β-amino-alcohol motifs (C(OH)–C–C–N with tert-alkyl or cyclic N) is 1. The van der Waals surface area contributed by atoms with Crippen LogP contribution < -0.4 is 9.64 Å². The summed E-state index contributed by atoms with van der Waals surface area (Å²) in [5.41, 5.74) is 0.538. The van der Waals surface area contributed by atoms with Gasteiger partial charge in [-0.2, -0.15) is 0 Å². The molecule has 0 saturated carbocycles. The molecule has 0 bridgehead atoms. The Morgan fingerprint density at radius 1 is 1.12 bits per heavy atom. The third kappa shape index (κ3) is 2.68. The number of ether oxygens (including phenoxy) is 1. The van der Waals surface area contributed by atoms with Crippen LogP contribution in [0.5, 0.6) is 5.75 Å². The van der Waals surface area contributed by atoms with E-state index in [2.05, 4.69) is 9.97 Å². The SMILES string of the molecule is COc1ccc2nc(C)nc(N3CC(O)(c4ccc(F)cc4)C3)c2c1. The molecule has 1 aliphatic rings. The van der Waals surface area contributed by atoms with Crippen LogP contribution in [0.3, 0.4) is 0 Å². The number of nitrogens with zero attached hydrogens (tertiary/aromatic N) is 3. The van der Waals surface area contributed by atoms with Crippen molar-refractivity contribution in [3.05, 3.63) is 59.7 Å². The Morgan fingerprint density at radius 3 is 2.52 bits per heavy atom. The lowest BCUT2D eigenvalue weighted by atomic mass is 9.86. The largest absolute Gasteiger partial charge is 0.497 e. The van der Waals surface area contributed by atoms with E-state index in [1.165, 1.54) is 12.1 Å². The van der Waals surface area contributed by atoms with Crippen LogP contribution in [0.1, 0.15) is 11.4 Å². The number of rotatable bonds is 3. The van der Waals surface area contributed by atoms with Gasteiger partial charge in [0.1, 0.15) is 28.8 Å². The zero-order valence-corrected chi connectivity index (χ0v) is 14.0. The van der Waals surface area contributed by atoms with Crippen molar-refractivity contribution in [2.75, 3.05) is 25.1 Å². The van der Waals surface area contributed by atoms with Crippen LogP contribution in [0, 0.1) is 12.7 Å². The highest BCUT2D eigenvalue weighted by Crippen LogP contribution is 2.38. The van der Waals surface area contributed by atoms with E-state index >= 15 is 0 Å². The maximum atomic E-state index is 13.1. The van der Waals surface area contributed by atoms with Crippen LogP contribution in [0.15, 0.2) is 42.5 Å². The number of aromatic nitrogens is 2. The van der Waals surface area contributed by atoms with Crippen LogP contribution in [0.4, 0.5) is 10.2 Å². The smallest absolute Gasteiger partial charge is 0.140 e. The van der Waals surface area contributed by atoms with Gasteiger partial charge in [-0.25, -0.2) is 14.4 Å². The lowest BCUT2D eigenvalue weighted by molar-refractivity contribution is 0.00716. The highest BCUT2D eigenvalue weighted by Gasteiger charge is 2.44. The molecule has 0 radical (unpaired) electrons.